The van der Waals surface area contributed by atoms with Gasteiger partial charge in [0.1, 0.15) is 13.2 Å². The number of quaternary nitrogens is 1. The molecule has 64 valence electrons. The molecule has 0 bridgehead atoms. The van der Waals surface area contributed by atoms with Crippen molar-refractivity contribution in [2.24, 2.45) is 16.6 Å². The zero-order valence-corrected chi connectivity index (χ0v) is 6.52. The molecule has 1 unspecified atom stereocenters. The molecule has 6 heteroatoms. The minimum absolute atomic E-state index is 0.0521. The number of carbonyl (C=O) groups is 2. The van der Waals surface area contributed by atoms with Crippen LogP contribution in [0.3, 0.4) is 0 Å². The molecule has 0 fully saturated rings. The van der Waals surface area contributed by atoms with Crippen molar-refractivity contribution in [1.29, 1.82) is 0 Å². The van der Waals surface area contributed by atoms with Crippen molar-refractivity contribution in [3.05, 3.63) is 12.3 Å². The summed E-state index contributed by atoms with van der Waals surface area (Å²) in [7, 11) is 1.45. The van der Waals surface area contributed by atoms with Crippen LogP contribution >= 0.6 is 0 Å². The second-order valence-corrected chi connectivity index (χ2v) is 2.53. The molecule has 6 nitrogen and oxygen atoms in total. The lowest BCUT2D eigenvalue weighted by Gasteiger charge is -2.12. The molecular formula is C6H9N4O2+. The highest BCUT2D eigenvalue weighted by Gasteiger charge is 2.33. The van der Waals surface area contributed by atoms with E-state index in [9.17, 15) is 9.59 Å². The van der Waals surface area contributed by atoms with Crippen molar-refractivity contribution in [3.8, 4) is 0 Å². The molecule has 1 heterocycles. The predicted molar refractivity (Wildman–Crippen MR) is 41.5 cm³/mol. The zero-order chi connectivity index (χ0) is 9.35. The van der Waals surface area contributed by atoms with Crippen molar-refractivity contribution in [3.63, 3.8) is 0 Å². The third kappa shape index (κ3) is 1.19. The van der Waals surface area contributed by atoms with Crippen molar-refractivity contribution in [2.75, 3.05) is 7.05 Å². The van der Waals surface area contributed by atoms with Gasteiger partial charge in [-0.1, -0.05) is 9.69 Å². The molecule has 0 aliphatic carbocycles. The highest BCUT2D eigenvalue weighted by Crippen LogP contribution is 2.11. The van der Waals surface area contributed by atoms with Gasteiger partial charge in [0.25, 0.3) is 5.91 Å². The van der Waals surface area contributed by atoms with Crippen LogP contribution in [0.15, 0.2) is 17.4 Å². The summed E-state index contributed by atoms with van der Waals surface area (Å²) in [6.07, 6.45) is 2.76. The molecule has 0 aromatic heterocycles. The SMILES string of the molecule is C[N+]1(C(N)=O)C=CC(C(N)=O)=N1. The van der Waals surface area contributed by atoms with Crippen LogP contribution in [0.4, 0.5) is 4.79 Å². The Morgan fingerprint density at radius 3 is 2.33 bits per heavy atom. The molecule has 12 heavy (non-hydrogen) atoms. The molecule has 1 aliphatic rings. The fourth-order valence-electron chi connectivity index (χ4n) is 0.760. The number of urea groups is 1. The molecule has 0 aromatic rings. The Morgan fingerprint density at radius 2 is 2.08 bits per heavy atom. The number of amides is 3. The summed E-state index contributed by atoms with van der Waals surface area (Å²) in [5.74, 6) is -0.672. The van der Waals surface area contributed by atoms with E-state index in [1.165, 1.54) is 19.3 Å². The lowest BCUT2D eigenvalue weighted by Crippen LogP contribution is -2.42. The first-order valence-corrected chi connectivity index (χ1v) is 3.21. The standard InChI is InChI=1S/C6H8N4O2/c1-10(6(8)12)3-2-4(9-10)5(7)11/h2-3H,1H3,(H3-,7,8,11,12)/p+1. The second kappa shape index (κ2) is 2.42. The topological polar surface area (TPSA) is 98.5 Å². The van der Waals surface area contributed by atoms with Gasteiger partial charge < -0.3 is 11.5 Å². The summed E-state index contributed by atoms with van der Waals surface area (Å²) in [5.41, 5.74) is 10.0. The van der Waals surface area contributed by atoms with E-state index in [0.29, 0.717) is 0 Å². The van der Waals surface area contributed by atoms with Gasteiger partial charge in [-0.2, -0.15) is 0 Å². The van der Waals surface area contributed by atoms with Crippen LogP contribution < -0.4 is 11.5 Å². The summed E-state index contributed by atoms with van der Waals surface area (Å²) in [4.78, 5) is 21.4. The summed E-state index contributed by atoms with van der Waals surface area (Å²) in [5, 5.41) is 3.71. The molecular weight excluding hydrogens is 160 g/mol. The molecule has 4 N–H and O–H groups in total. The van der Waals surface area contributed by atoms with Gasteiger partial charge in [-0.3, -0.25) is 4.79 Å². The predicted octanol–water partition coefficient (Wildman–Crippen LogP) is -1.12. The fourth-order valence-corrected chi connectivity index (χ4v) is 0.760. The second-order valence-electron chi connectivity index (χ2n) is 2.53. The lowest BCUT2D eigenvalue weighted by atomic mass is 10.4. The number of primary amides is 2. The Morgan fingerprint density at radius 1 is 1.50 bits per heavy atom. The Hall–Kier alpha value is -1.69. The van der Waals surface area contributed by atoms with Gasteiger partial charge in [-0.25, -0.2) is 4.79 Å². The monoisotopic (exact) mass is 169 g/mol. The third-order valence-corrected chi connectivity index (χ3v) is 1.54. The Kier molecular flexibility index (Phi) is 1.69. The normalized spacial score (nSPS) is 26.9. The molecule has 0 spiro atoms. The van der Waals surface area contributed by atoms with Gasteiger partial charge in [-0.05, 0) is 0 Å². The summed E-state index contributed by atoms with van der Waals surface area (Å²) in [6.45, 7) is 0. The first-order chi connectivity index (χ1) is 5.46. The highest BCUT2D eigenvalue weighted by atomic mass is 16.2. The van der Waals surface area contributed by atoms with Gasteiger partial charge >= 0.3 is 6.03 Å². The van der Waals surface area contributed by atoms with Crippen LogP contribution in [-0.2, 0) is 4.79 Å². The van der Waals surface area contributed by atoms with Crippen LogP contribution in [0, 0.1) is 0 Å². The Balaban J connectivity index is 2.99. The minimum Gasteiger partial charge on any atom is -0.364 e. The van der Waals surface area contributed by atoms with E-state index in [4.69, 9.17) is 11.5 Å². The van der Waals surface area contributed by atoms with Gasteiger partial charge in [0.15, 0.2) is 5.71 Å². The molecule has 3 amide bonds. The largest absolute Gasteiger partial charge is 0.445 e. The molecule has 1 atom stereocenters. The van der Waals surface area contributed by atoms with Gasteiger partial charge in [0.2, 0.25) is 0 Å². The first-order valence-electron chi connectivity index (χ1n) is 3.21. The van der Waals surface area contributed by atoms with E-state index in [-0.39, 0.29) is 5.71 Å². The van der Waals surface area contributed by atoms with Gasteiger partial charge in [0, 0.05) is 6.08 Å². The molecule has 1 rings (SSSR count). The van der Waals surface area contributed by atoms with Crippen LogP contribution in [0.5, 0.6) is 0 Å². The smallest absolute Gasteiger partial charge is 0.364 e. The molecule has 1 aliphatic heterocycles. The van der Waals surface area contributed by atoms with Crippen LogP contribution in [0.2, 0.25) is 0 Å². The van der Waals surface area contributed by atoms with Gasteiger partial charge in [-0.15, -0.1) is 0 Å². The maximum atomic E-state index is 10.8. The van der Waals surface area contributed by atoms with E-state index < -0.39 is 16.5 Å². The highest BCUT2D eigenvalue weighted by molar-refractivity contribution is 6.43. The minimum atomic E-state index is -0.672. The Bertz CT molecular complexity index is 307. The molecule has 0 radical (unpaired) electrons. The molecule has 0 saturated heterocycles. The van der Waals surface area contributed by atoms with E-state index in [2.05, 4.69) is 5.10 Å². The lowest BCUT2D eigenvalue weighted by molar-refractivity contribution is -0.778. The average molecular weight is 169 g/mol. The van der Waals surface area contributed by atoms with Gasteiger partial charge in [0.05, 0.1) is 0 Å². The summed E-state index contributed by atoms with van der Waals surface area (Å²) >= 11 is 0. The Labute approximate surface area is 68.7 Å². The number of rotatable bonds is 1. The molecule has 0 aromatic carbocycles. The van der Waals surface area contributed by atoms with E-state index in [0.717, 1.165) is 0 Å². The van der Waals surface area contributed by atoms with Crippen LogP contribution in [-0.4, -0.2) is 29.3 Å². The number of nitrogens with two attached hydrogens (primary N) is 2. The third-order valence-electron chi connectivity index (χ3n) is 1.54. The first kappa shape index (κ1) is 8.41. The van der Waals surface area contributed by atoms with Crippen LogP contribution in [0.1, 0.15) is 0 Å². The molecule has 0 saturated carbocycles. The van der Waals surface area contributed by atoms with E-state index >= 15 is 0 Å². The number of nitrogens with zero attached hydrogens (tertiary/aromatic N) is 2. The van der Waals surface area contributed by atoms with Crippen molar-refractivity contribution in [1.82, 2.24) is 0 Å². The van der Waals surface area contributed by atoms with Crippen LogP contribution in [0.25, 0.3) is 0 Å². The summed E-state index contributed by atoms with van der Waals surface area (Å²) < 4.78 is -0.460. The maximum Gasteiger partial charge on any atom is 0.445 e. The summed E-state index contributed by atoms with van der Waals surface area (Å²) in [6, 6.07) is -0.664. The fraction of sp³-hybridized carbons (Fsp3) is 0.167. The quantitative estimate of drug-likeness (QED) is 0.486. The number of hydrogen-bond donors (Lipinski definition) is 2. The van der Waals surface area contributed by atoms with Crippen molar-refractivity contribution in [2.45, 2.75) is 0 Å². The zero-order valence-electron chi connectivity index (χ0n) is 6.52. The van der Waals surface area contributed by atoms with Crippen molar-refractivity contribution >= 4 is 17.6 Å². The van der Waals surface area contributed by atoms with E-state index in [1.807, 2.05) is 0 Å². The number of hydrogen-bond acceptors (Lipinski definition) is 3. The maximum absolute atomic E-state index is 10.8. The number of carbonyl (C=O) groups excluding carboxylic acids is 2. The van der Waals surface area contributed by atoms with Crippen molar-refractivity contribution < 1.29 is 14.2 Å². The van der Waals surface area contributed by atoms with E-state index in [1.54, 1.807) is 0 Å². The average Bonchev–Trinajstić information content (AvgIpc) is 2.33.